The van der Waals surface area contributed by atoms with Gasteiger partial charge in [0.15, 0.2) is 0 Å². The first-order chi connectivity index (χ1) is 15.1. The van der Waals surface area contributed by atoms with Crippen LogP contribution in [0.2, 0.25) is 0 Å². The first-order valence-electron chi connectivity index (χ1n) is 10.0. The molecule has 4 heterocycles. The zero-order chi connectivity index (χ0) is 21.4. The third-order valence-corrected chi connectivity index (χ3v) is 6.26. The fraction of sp³-hybridized carbons (Fsp3) is 0.238. The molecule has 0 spiro atoms. The molecule has 0 saturated carbocycles. The van der Waals surface area contributed by atoms with Gasteiger partial charge in [-0.15, -0.1) is 11.3 Å². The molecule has 1 aromatic carbocycles. The van der Waals surface area contributed by atoms with E-state index in [1.54, 1.807) is 22.5 Å². The maximum atomic E-state index is 12.9. The minimum Gasteiger partial charge on any atom is -0.383 e. The number of carbonyl (C=O) groups excluding carboxylic acids is 1. The average Bonchev–Trinajstić information content (AvgIpc) is 3.40. The minimum atomic E-state index is -0.305. The van der Waals surface area contributed by atoms with Crippen LogP contribution in [0, 0.1) is 0 Å². The third kappa shape index (κ3) is 3.71. The fourth-order valence-corrected chi connectivity index (χ4v) is 4.52. The summed E-state index contributed by atoms with van der Waals surface area (Å²) < 4.78 is 1.57. The number of hydrogen-bond acceptors (Lipinski definition) is 8. The number of piperidine rings is 1. The fourth-order valence-electron chi connectivity index (χ4n) is 3.75. The molecule has 1 amide bonds. The number of pyridine rings is 1. The number of hydrogen-bond donors (Lipinski definition) is 3. The molecule has 5 rings (SSSR count). The lowest BCUT2D eigenvalue weighted by Crippen LogP contribution is -2.40. The van der Waals surface area contributed by atoms with Crippen molar-refractivity contribution in [2.24, 2.45) is 5.73 Å². The monoisotopic (exact) mass is 434 g/mol. The molecule has 0 atom stereocenters. The van der Waals surface area contributed by atoms with E-state index in [0.29, 0.717) is 22.3 Å². The van der Waals surface area contributed by atoms with Crippen molar-refractivity contribution in [1.82, 2.24) is 19.7 Å². The molecule has 5 N–H and O–H groups in total. The smallest absolute Gasteiger partial charge is 0.275 e. The molecule has 1 fully saturated rings. The summed E-state index contributed by atoms with van der Waals surface area (Å²) in [5, 5.41) is 10.5. The van der Waals surface area contributed by atoms with Gasteiger partial charge in [0.1, 0.15) is 11.5 Å². The first kappa shape index (κ1) is 19.5. The Hall–Kier alpha value is -3.50. The normalized spacial score (nSPS) is 14.8. The number of nitrogens with one attached hydrogen (secondary N) is 1. The first-order valence-corrected chi connectivity index (χ1v) is 10.9. The summed E-state index contributed by atoms with van der Waals surface area (Å²) in [6.45, 7) is 1.70. The number of aromatic nitrogens is 4. The Morgan fingerprint density at radius 3 is 2.81 bits per heavy atom. The second-order valence-corrected chi connectivity index (χ2v) is 8.34. The van der Waals surface area contributed by atoms with Crippen LogP contribution in [0.5, 0.6) is 0 Å². The van der Waals surface area contributed by atoms with Gasteiger partial charge in [-0.3, -0.25) is 9.78 Å². The summed E-state index contributed by atoms with van der Waals surface area (Å²) in [6.07, 6.45) is 5.23. The molecule has 1 aliphatic rings. The molecule has 9 nitrogen and oxygen atoms in total. The van der Waals surface area contributed by atoms with E-state index >= 15 is 0 Å². The largest absolute Gasteiger partial charge is 0.383 e. The van der Waals surface area contributed by atoms with Crippen LogP contribution in [-0.2, 0) is 0 Å². The van der Waals surface area contributed by atoms with Crippen LogP contribution in [0.25, 0.3) is 16.0 Å². The predicted molar refractivity (Wildman–Crippen MR) is 123 cm³/mol. The molecule has 0 unspecified atom stereocenters. The van der Waals surface area contributed by atoms with Crippen molar-refractivity contribution in [1.29, 1.82) is 0 Å². The zero-order valence-corrected chi connectivity index (χ0v) is 17.5. The van der Waals surface area contributed by atoms with Crippen molar-refractivity contribution >= 4 is 45.3 Å². The average molecular weight is 435 g/mol. The van der Waals surface area contributed by atoms with E-state index in [1.807, 2.05) is 30.3 Å². The highest BCUT2D eigenvalue weighted by molar-refractivity contribution is 7.12. The van der Waals surface area contributed by atoms with Crippen LogP contribution in [0.1, 0.15) is 23.3 Å². The molecule has 1 saturated heterocycles. The molecule has 31 heavy (non-hydrogen) atoms. The van der Waals surface area contributed by atoms with Crippen molar-refractivity contribution in [2.75, 3.05) is 29.0 Å². The van der Waals surface area contributed by atoms with E-state index in [0.717, 1.165) is 42.5 Å². The predicted octanol–water partition coefficient (Wildman–Crippen LogP) is 2.64. The van der Waals surface area contributed by atoms with E-state index < -0.39 is 0 Å². The Morgan fingerprint density at radius 2 is 2.00 bits per heavy atom. The van der Waals surface area contributed by atoms with E-state index in [9.17, 15) is 4.79 Å². The Morgan fingerprint density at radius 1 is 1.19 bits per heavy atom. The highest BCUT2D eigenvalue weighted by Gasteiger charge is 2.21. The van der Waals surface area contributed by atoms with Gasteiger partial charge >= 0.3 is 0 Å². The van der Waals surface area contributed by atoms with E-state index in [-0.39, 0.29) is 11.9 Å². The van der Waals surface area contributed by atoms with Gasteiger partial charge in [-0.1, -0.05) is 12.1 Å². The van der Waals surface area contributed by atoms with Crippen molar-refractivity contribution in [2.45, 2.75) is 18.9 Å². The van der Waals surface area contributed by atoms with Gasteiger partial charge in [0, 0.05) is 36.1 Å². The molecular formula is C21H22N8OS. The van der Waals surface area contributed by atoms with Crippen molar-refractivity contribution in [3.63, 3.8) is 0 Å². The summed E-state index contributed by atoms with van der Waals surface area (Å²) in [6, 6.07) is 9.76. The maximum Gasteiger partial charge on any atom is 0.275 e. The SMILES string of the molecule is Nc1c2ccccc2nn1-c1nc(C(=O)Nc2cnccc2N2CCC(N)CC2)cs1. The van der Waals surface area contributed by atoms with E-state index in [4.69, 9.17) is 11.5 Å². The number of anilines is 3. The van der Waals surface area contributed by atoms with Crippen molar-refractivity contribution < 1.29 is 4.79 Å². The Kier molecular flexibility index (Phi) is 5.00. The standard InChI is InChI=1S/C21H22N8OS/c22-13-6-9-28(10-7-13)18-5-8-24-11-16(18)25-20(30)17-12-31-21(26-17)29-19(23)14-3-1-2-4-15(14)27-29/h1-5,8,11-13H,6-7,9-10,22-23H2,(H,25,30). The molecule has 0 aliphatic carbocycles. The van der Waals surface area contributed by atoms with Crippen molar-refractivity contribution in [3.05, 3.63) is 53.8 Å². The summed E-state index contributed by atoms with van der Waals surface area (Å²) in [7, 11) is 0. The lowest BCUT2D eigenvalue weighted by Gasteiger charge is -2.33. The molecular weight excluding hydrogens is 412 g/mol. The third-order valence-electron chi connectivity index (χ3n) is 5.45. The Bertz CT molecular complexity index is 1240. The molecule has 10 heteroatoms. The number of benzene rings is 1. The summed E-state index contributed by atoms with van der Waals surface area (Å²) in [5.74, 6) is 0.190. The molecule has 4 aromatic rings. The quantitative estimate of drug-likeness (QED) is 0.450. The zero-order valence-electron chi connectivity index (χ0n) is 16.7. The number of thiazole rings is 1. The van der Waals surface area contributed by atoms with Crippen LogP contribution in [0.15, 0.2) is 48.1 Å². The van der Waals surface area contributed by atoms with Crippen LogP contribution in [0.4, 0.5) is 17.2 Å². The van der Waals surface area contributed by atoms with Gasteiger partial charge in [0.2, 0.25) is 5.13 Å². The number of rotatable bonds is 4. The van der Waals surface area contributed by atoms with Crippen molar-refractivity contribution in [3.8, 4) is 5.13 Å². The van der Waals surface area contributed by atoms with Gasteiger partial charge in [-0.2, -0.15) is 9.78 Å². The maximum absolute atomic E-state index is 12.9. The van der Waals surface area contributed by atoms with Crippen LogP contribution >= 0.6 is 11.3 Å². The highest BCUT2D eigenvalue weighted by Crippen LogP contribution is 2.29. The second kappa shape index (κ2) is 7.97. The van der Waals surface area contributed by atoms with Crippen LogP contribution in [0.3, 0.4) is 0 Å². The summed E-state index contributed by atoms with van der Waals surface area (Å²) >= 11 is 1.31. The Balaban J connectivity index is 1.38. The summed E-state index contributed by atoms with van der Waals surface area (Å²) in [4.78, 5) is 23.8. The second-order valence-electron chi connectivity index (χ2n) is 7.50. The van der Waals surface area contributed by atoms with Gasteiger partial charge in [-0.05, 0) is 31.0 Å². The topological polar surface area (TPSA) is 128 Å². The number of nitrogens with two attached hydrogens (primary N) is 2. The van der Waals surface area contributed by atoms with Gasteiger partial charge in [-0.25, -0.2) is 4.98 Å². The molecule has 158 valence electrons. The van der Waals surface area contributed by atoms with E-state index in [2.05, 4.69) is 25.3 Å². The highest BCUT2D eigenvalue weighted by atomic mass is 32.1. The lowest BCUT2D eigenvalue weighted by atomic mass is 10.1. The Labute approximate surface area is 182 Å². The molecule has 0 radical (unpaired) electrons. The summed E-state index contributed by atoms with van der Waals surface area (Å²) in [5.41, 5.74) is 14.9. The number of nitrogens with zero attached hydrogens (tertiary/aromatic N) is 5. The number of amides is 1. The van der Waals surface area contributed by atoms with Gasteiger partial charge < -0.3 is 21.7 Å². The molecule has 0 bridgehead atoms. The minimum absolute atomic E-state index is 0.232. The number of nitrogen functional groups attached to an aromatic ring is 1. The van der Waals surface area contributed by atoms with Gasteiger partial charge in [0.05, 0.1) is 23.1 Å². The van der Waals surface area contributed by atoms with Crippen LogP contribution < -0.4 is 21.7 Å². The van der Waals surface area contributed by atoms with Gasteiger partial charge in [0.25, 0.3) is 5.91 Å². The molecule has 1 aliphatic heterocycles. The van der Waals surface area contributed by atoms with E-state index in [1.165, 1.54) is 11.3 Å². The lowest BCUT2D eigenvalue weighted by molar-refractivity contribution is 0.102. The molecule has 3 aromatic heterocycles. The van der Waals surface area contributed by atoms with Crippen LogP contribution in [-0.4, -0.2) is 44.8 Å². The number of carbonyl (C=O) groups is 1. The number of fused-ring (bicyclic) bond motifs is 1.